The van der Waals surface area contributed by atoms with Crippen LogP contribution in [-0.2, 0) is 17.8 Å². The molecule has 3 aromatic heterocycles. The maximum absolute atomic E-state index is 15.1. The molecule has 200 valence electrons. The summed E-state index contributed by atoms with van der Waals surface area (Å²) in [7, 11) is 0. The van der Waals surface area contributed by atoms with E-state index >= 15 is 4.39 Å². The first-order chi connectivity index (χ1) is 19.3. The first-order valence-electron chi connectivity index (χ1n) is 12.3. The minimum absolute atomic E-state index is 0.00214. The molecule has 0 atom stereocenters. The number of aromatic nitrogens is 6. The highest BCUT2D eigenvalue weighted by atomic mass is 19.1. The van der Waals surface area contributed by atoms with Crippen molar-refractivity contribution >= 4 is 17.4 Å². The van der Waals surface area contributed by atoms with Crippen LogP contribution in [0.5, 0.6) is 0 Å². The Balaban J connectivity index is 1.30. The van der Waals surface area contributed by atoms with E-state index in [9.17, 15) is 14.3 Å². The lowest BCUT2D eigenvalue weighted by atomic mass is 9.99. The molecular weight excluding hydrogens is 520 g/mol. The molecule has 0 saturated carbocycles. The SMILES string of the molecule is N#Cc1cccc(-c2cn3nc(Cc4c(F)cccc4-c4cnn(CC(=O)N5CC(O)C5)c4)nc3c(N)n2)c1F. The number of hydrogen-bond donors (Lipinski definition) is 2. The van der Waals surface area contributed by atoms with E-state index in [0.29, 0.717) is 29.8 Å². The van der Waals surface area contributed by atoms with Gasteiger partial charge in [0.2, 0.25) is 5.91 Å². The highest BCUT2D eigenvalue weighted by molar-refractivity contribution is 5.77. The van der Waals surface area contributed by atoms with Gasteiger partial charge in [-0.3, -0.25) is 9.48 Å². The van der Waals surface area contributed by atoms with E-state index in [1.54, 1.807) is 36.7 Å². The molecular formula is C27H21F2N9O2. The van der Waals surface area contributed by atoms with Crippen LogP contribution in [0.4, 0.5) is 14.6 Å². The third kappa shape index (κ3) is 4.50. The maximum Gasteiger partial charge on any atom is 0.244 e. The summed E-state index contributed by atoms with van der Waals surface area (Å²) in [4.78, 5) is 22.5. The van der Waals surface area contributed by atoms with E-state index in [0.717, 1.165) is 0 Å². The van der Waals surface area contributed by atoms with Crippen molar-refractivity contribution in [3.05, 3.63) is 83.6 Å². The quantitative estimate of drug-likeness (QED) is 0.332. The van der Waals surface area contributed by atoms with E-state index in [2.05, 4.69) is 20.2 Å². The first kappa shape index (κ1) is 25.1. The largest absolute Gasteiger partial charge is 0.389 e. The van der Waals surface area contributed by atoms with Crippen LogP contribution in [0.1, 0.15) is 17.0 Å². The van der Waals surface area contributed by atoms with Crippen LogP contribution >= 0.6 is 0 Å². The van der Waals surface area contributed by atoms with Crippen molar-refractivity contribution in [2.75, 3.05) is 18.8 Å². The topological polar surface area (TPSA) is 151 Å². The van der Waals surface area contributed by atoms with Gasteiger partial charge in [-0.1, -0.05) is 18.2 Å². The minimum Gasteiger partial charge on any atom is -0.389 e. The summed E-state index contributed by atoms with van der Waals surface area (Å²) in [6, 6.07) is 10.8. The summed E-state index contributed by atoms with van der Waals surface area (Å²) >= 11 is 0. The number of amides is 1. The number of nitrogen functional groups attached to an aromatic ring is 1. The zero-order valence-electron chi connectivity index (χ0n) is 20.9. The van der Waals surface area contributed by atoms with E-state index < -0.39 is 17.7 Å². The normalized spacial score (nSPS) is 13.4. The number of anilines is 1. The van der Waals surface area contributed by atoms with Gasteiger partial charge in [0, 0.05) is 42.4 Å². The van der Waals surface area contributed by atoms with Crippen LogP contribution in [-0.4, -0.2) is 64.5 Å². The number of aliphatic hydroxyl groups excluding tert-OH is 1. The van der Waals surface area contributed by atoms with Gasteiger partial charge in [-0.05, 0) is 23.8 Å². The Hall–Kier alpha value is -5.22. The Kier molecular flexibility index (Phi) is 6.16. The molecule has 1 saturated heterocycles. The van der Waals surface area contributed by atoms with E-state index in [1.165, 1.54) is 38.5 Å². The maximum atomic E-state index is 15.1. The van der Waals surface area contributed by atoms with Gasteiger partial charge in [0.1, 0.15) is 24.2 Å². The molecule has 1 fully saturated rings. The Labute approximate surface area is 225 Å². The van der Waals surface area contributed by atoms with Gasteiger partial charge >= 0.3 is 0 Å². The molecule has 0 radical (unpaired) electrons. The first-order valence-corrected chi connectivity index (χ1v) is 12.3. The number of nitrogens with two attached hydrogens (primary N) is 1. The molecule has 5 aromatic rings. The number of β-amino-alcohol motifs (C(OH)–C–C–N with tert-alkyl or cyclic N) is 1. The average Bonchev–Trinajstić information content (AvgIpc) is 3.55. The number of nitrogens with zero attached hydrogens (tertiary/aromatic N) is 8. The van der Waals surface area contributed by atoms with Gasteiger partial charge in [0.25, 0.3) is 0 Å². The van der Waals surface area contributed by atoms with Gasteiger partial charge in [-0.15, -0.1) is 0 Å². The second kappa shape index (κ2) is 9.83. The fourth-order valence-corrected chi connectivity index (χ4v) is 4.63. The van der Waals surface area contributed by atoms with Crippen LogP contribution in [0.2, 0.25) is 0 Å². The second-order valence-corrected chi connectivity index (χ2v) is 9.41. The van der Waals surface area contributed by atoms with E-state index in [-0.39, 0.29) is 53.0 Å². The number of carbonyl (C=O) groups is 1. The van der Waals surface area contributed by atoms with Crippen molar-refractivity contribution in [2.45, 2.75) is 19.1 Å². The lowest BCUT2D eigenvalue weighted by molar-refractivity contribution is -0.142. The second-order valence-electron chi connectivity index (χ2n) is 9.41. The van der Waals surface area contributed by atoms with Gasteiger partial charge in [-0.2, -0.15) is 15.5 Å². The van der Waals surface area contributed by atoms with Crippen molar-refractivity contribution in [1.29, 1.82) is 5.26 Å². The number of hydrogen-bond acceptors (Lipinski definition) is 8. The summed E-state index contributed by atoms with van der Waals surface area (Å²) in [6.45, 7) is 0.601. The fraction of sp³-hybridized carbons (Fsp3) is 0.185. The number of fused-ring (bicyclic) bond motifs is 1. The van der Waals surface area contributed by atoms with Crippen molar-refractivity contribution < 1.29 is 18.7 Å². The predicted octanol–water partition coefficient (Wildman–Crippen LogP) is 2.18. The van der Waals surface area contributed by atoms with Gasteiger partial charge in [-0.25, -0.2) is 23.3 Å². The fourth-order valence-electron chi connectivity index (χ4n) is 4.63. The third-order valence-corrected chi connectivity index (χ3v) is 6.70. The Bertz CT molecular complexity index is 1820. The Morgan fingerprint density at radius 1 is 1.12 bits per heavy atom. The molecule has 1 amide bonds. The number of aliphatic hydroxyl groups is 1. The molecule has 2 aromatic carbocycles. The summed E-state index contributed by atoms with van der Waals surface area (Å²) < 4.78 is 32.7. The zero-order chi connectivity index (χ0) is 28.0. The highest BCUT2D eigenvalue weighted by Gasteiger charge is 2.29. The number of rotatable bonds is 6. The van der Waals surface area contributed by atoms with Gasteiger partial charge < -0.3 is 15.7 Å². The molecule has 40 heavy (non-hydrogen) atoms. The molecule has 0 bridgehead atoms. The third-order valence-electron chi connectivity index (χ3n) is 6.70. The molecule has 4 heterocycles. The van der Waals surface area contributed by atoms with Crippen LogP contribution < -0.4 is 5.73 Å². The lowest BCUT2D eigenvalue weighted by Crippen LogP contribution is -2.54. The van der Waals surface area contributed by atoms with E-state index in [1.807, 2.05) is 0 Å². The summed E-state index contributed by atoms with van der Waals surface area (Å²) in [6.07, 6.45) is 4.16. The van der Waals surface area contributed by atoms with E-state index in [4.69, 9.17) is 11.0 Å². The van der Waals surface area contributed by atoms with Crippen LogP contribution in [0, 0.1) is 23.0 Å². The average molecular weight is 542 g/mol. The molecule has 11 nitrogen and oxygen atoms in total. The zero-order valence-corrected chi connectivity index (χ0v) is 20.9. The smallest absolute Gasteiger partial charge is 0.244 e. The highest BCUT2D eigenvalue weighted by Crippen LogP contribution is 2.29. The summed E-state index contributed by atoms with van der Waals surface area (Å²) in [5, 5.41) is 27.2. The molecule has 13 heteroatoms. The number of halogens is 2. The summed E-state index contributed by atoms with van der Waals surface area (Å²) in [5.41, 5.74) is 7.92. The van der Waals surface area contributed by atoms with Crippen molar-refractivity contribution in [2.24, 2.45) is 0 Å². The number of likely N-dealkylation sites (tertiary alicyclic amines) is 1. The van der Waals surface area contributed by atoms with Crippen LogP contribution in [0.25, 0.3) is 28.0 Å². The van der Waals surface area contributed by atoms with Crippen LogP contribution in [0.3, 0.4) is 0 Å². The minimum atomic E-state index is -0.725. The Morgan fingerprint density at radius 2 is 1.90 bits per heavy atom. The van der Waals surface area contributed by atoms with Crippen molar-refractivity contribution in [3.8, 4) is 28.5 Å². The number of nitriles is 1. The molecule has 1 aliphatic heterocycles. The molecule has 0 aliphatic carbocycles. The summed E-state index contributed by atoms with van der Waals surface area (Å²) in [5.74, 6) is -1.12. The standard InChI is InChI=1S/C27H21F2N9O2/c28-21-6-2-4-18(16-9-32-37(10-16)14-24(40)36-11-17(39)12-36)20(21)7-23-34-27-26(31)33-22(13-38(27)35-23)19-5-1-3-15(8-30)25(19)29/h1-6,9-10,13,17,39H,7,11-12,14H2,(H2,31,33). The lowest BCUT2D eigenvalue weighted by Gasteiger charge is -2.35. The van der Waals surface area contributed by atoms with Gasteiger partial charge in [0.15, 0.2) is 17.3 Å². The molecule has 0 unspecified atom stereocenters. The monoisotopic (exact) mass is 541 g/mol. The molecule has 3 N–H and O–H groups in total. The van der Waals surface area contributed by atoms with Crippen molar-refractivity contribution in [1.82, 2.24) is 34.3 Å². The molecule has 6 rings (SSSR count). The van der Waals surface area contributed by atoms with Gasteiger partial charge in [0.05, 0.1) is 29.8 Å². The Morgan fingerprint density at radius 3 is 2.67 bits per heavy atom. The number of carbonyl (C=O) groups excluding carboxylic acids is 1. The molecule has 1 aliphatic rings. The van der Waals surface area contributed by atoms with Crippen LogP contribution in [0.15, 0.2) is 55.0 Å². The molecule has 0 spiro atoms. The van der Waals surface area contributed by atoms with Crippen molar-refractivity contribution in [3.63, 3.8) is 0 Å². The predicted molar refractivity (Wildman–Crippen MR) is 138 cm³/mol. The number of benzene rings is 2.